The number of fused-ring (bicyclic) bond motifs is 1. The van der Waals surface area contributed by atoms with Crippen LogP contribution in [0, 0.1) is 5.92 Å². The summed E-state index contributed by atoms with van der Waals surface area (Å²) in [5, 5.41) is 4.52. The van der Waals surface area contributed by atoms with Crippen LogP contribution >= 0.6 is 0 Å². The van der Waals surface area contributed by atoms with E-state index in [4.69, 9.17) is 4.42 Å². The van der Waals surface area contributed by atoms with E-state index >= 15 is 0 Å². The molecule has 0 bridgehead atoms. The minimum absolute atomic E-state index is 0.689. The first kappa shape index (κ1) is 11.9. The highest BCUT2D eigenvalue weighted by Crippen LogP contribution is 2.19. The van der Waals surface area contributed by atoms with Gasteiger partial charge in [0.2, 0.25) is 0 Å². The van der Waals surface area contributed by atoms with Gasteiger partial charge in [-0.05, 0) is 30.7 Å². The first-order valence-electron chi connectivity index (χ1n) is 6.11. The van der Waals surface area contributed by atoms with Crippen LogP contribution in [0.2, 0.25) is 0 Å². The van der Waals surface area contributed by atoms with Crippen LogP contribution in [0.4, 0.5) is 0 Å². The SMILES string of the molecule is CC(C)CNCC=Cc1cc2ccccc2o1. The fraction of sp³-hybridized carbons (Fsp3) is 0.333. The van der Waals surface area contributed by atoms with Crippen molar-refractivity contribution < 1.29 is 4.42 Å². The average molecular weight is 229 g/mol. The van der Waals surface area contributed by atoms with Crippen molar-refractivity contribution in [3.05, 3.63) is 42.2 Å². The molecule has 2 rings (SSSR count). The van der Waals surface area contributed by atoms with Crippen LogP contribution in [0.15, 0.2) is 40.8 Å². The summed E-state index contributed by atoms with van der Waals surface area (Å²) in [6.07, 6.45) is 4.12. The van der Waals surface area contributed by atoms with Crippen LogP contribution in [-0.2, 0) is 0 Å². The van der Waals surface area contributed by atoms with E-state index in [1.54, 1.807) is 0 Å². The van der Waals surface area contributed by atoms with Gasteiger partial charge in [-0.15, -0.1) is 0 Å². The quantitative estimate of drug-likeness (QED) is 0.791. The summed E-state index contributed by atoms with van der Waals surface area (Å²) in [6, 6.07) is 10.1. The minimum atomic E-state index is 0.689. The second kappa shape index (κ2) is 5.69. The molecule has 0 radical (unpaired) electrons. The van der Waals surface area contributed by atoms with E-state index in [1.165, 1.54) is 0 Å². The van der Waals surface area contributed by atoms with E-state index in [-0.39, 0.29) is 0 Å². The Morgan fingerprint density at radius 2 is 2.12 bits per heavy atom. The van der Waals surface area contributed by atoms with E-state index in [0.717, 1.165) is 29.8 Å². The average Bonchev–Trinajstić information content (AvgIpc) is 2.70. The molecule has 0 unspecified atom stereocenters. The van der Waals surface area contributed by atoms with Crippen molar-refractivity contribution in [3.8, 4) is 0 Å². The lowest BCUT2D eigenvalue weighted by atomic mass is 10.2. The Hall–Kier alpha value is -1.54. The molecule has 2 aromatic rings. The predicted octanol–water partition coefficient (Wildman–Crippen LogP) is 3.69. The molecule has 90 valence electrons. The summed E-state index contributed by atoms with van der Waals surface area (Å²) in [4.78, 5) is 0. The van der Waals surface area contributed by atoms with E-state index in [0.29, 0.717) is 5.92 Å². The van der Waals surface area contributed by atoms with Crippen LogP contribution in [0.1, 0.15) is 19.6 Å². The van der Waals surface area contributed by atoms with Crippen molar-refractivity contribution in [2.45, 2.75) is 13.8 Å². The Labute approximate surface area is 102 Å². The Bertz CT molecular complexity index is 463. The monoisotopic (exact) mass is 229 g/mol. The molecule has 0 atom stereocenters. The van der Waals surface area contributed by atoms with Gasteiger partial charge in [0.1, 0.15) is 11.3 Å². The van der Waals surface area contributed by atoms with Gasteiger partial charge in [-0.25, -0.2) is 0 Å². The molecule has 1 heterocycles. The van der Waals surface area contributed by atoms with Crippen molar-refractivity contribution in [3.63, 3.8) is 0 Å². The van der Waals surface area contributed by atoms with E-state index in [1.807, 2.05) is 24.3 Å². The third kappa shape index (κ3) is 3.46. The Balaban J connectivity index is 1.92. The molecule has 0 aliphatic carbocycles. The number of rotatable bonds is 5. The molecule has 0 spiro atoms. The van der Waals surface area contributed by atoms with Crippen LogP contribution in [0.25, 0.3) is 17.0 Å². The molecule has 0 aliphatic heterocycles. The summed E-state index contributed by atoms with van der Waals surface area (Å²) in [5.74, 6) is 1.60. The Morgan fingerprint density at radius 1 is 1.29 bits per heavy atom. The summed E-state index contributed by atoms with van der Waals surface area (Å²) >= 11 is 0. The van der Waals surface area contributed by atoms with Crippen LogP contribution in [0.3, 0.4) is 0 Å². The van der Waals surface area contributed by atoms with Crippen molar-refractivity contribution in [2.75, 3.05) is 13.1 Å². The van der Waals surface area contributed by atoms with Crippen LogP contribution in [0.5, 0.6) is 0 Å². The fourth-order valence-electron chi connectivity index (χ4n) is 1.71. The molecule has 0 saturated heterocycles. The maximum absolute atomic E-state index is 5.68. The Morgan fingerprint density at radius 3 is 2.88 bits per heavy atom. The van der Waals surface area contributed by atoms with E-state index < -0.39 is 0 Å². The molecule has 0 saturated carbocycles. The molecule has 2 nitrogen and oxygen atoms in total. The van der Waals surface area contributed by atoms with Crippen LogP contribution in [-0.4, -0.2) is 13.1 Å². The molecule has 1 aromatic heterocycles. The molecule has 2 heteroatoms. The molecule has 0 amide bonds. The molecule has 0 fully saturated rings. The molecule has 17 heavy (non-hydrogen) atoms. The number of hydrogen-bond donors (Lipinski definition) is 1. The van der Waals surface area contributed by atoms with Gasteiger partial charge >= 0.3 is 0 Å². The number of hydrogen-bond acceptors (Lipinski definition) is 2. The summed E-state index contributed by atoms with van der Waals surface area (Å²) in [6.45, 7) is 6.34. The number of nitrogens with one attached hydrogen (secondary N) is 1. The van der Waals surface area contributed by atoms with Gasteiger partial charge in [0.15, 0.2) is 0 Å². The van der Waals surface area contributed by atoms with Crippen molar-refractivity contribution in [1.29, 1.82) is 0 Å². The minimum Gasteiger partial charge on any atom is -0.457 e. The van der Waals surface area contributed by atoms with Crippen molar-refractivity contribution >= 4 is 17.0 Å². The zero-order valence-electron chi connectivity index (χ0n) is 10.4. The third-order valence-corrected chi connectivity index (χ3v) is 2.54. The maximum atomic E-state index is 5.68. The Kier molecular flexibility index (Phi) is 3.99. The van der Waals surface area contributed by atoms with Crippen LogP contribution < -0.4 is 5.32 Å². The maximum Gasteiger partial charge on any atom is 0.134 e. The molecule has 1 aromatic carbocycles. The second-order valence-corrected chi connectivity index (χ2v) is 4.64. The normalized spacial score (nSPS) is 11.9. The molecule has 0 aliphatic rings. The molecule has 1 N–H and O–H groups in total. The largest absolute Gasteiger partial charge is 0.457 e. The van der Waals surface area contributed by atoms with Gasteiger partial charge in [-0.1, -0.05) is 38.1 Å². The lowest BCUT2D eigenvalue weighted by molar-refractivity contribution is 0.576. The number of benzene rings is 1. The van der Waals surface area contributed by atoms with Gasteiger partial charge in [-0.2, -0.15) is 0 Å². The highest BCUT2D eigenvalue weighted by atomic mass is 16.3. The van der Waals surface area contributed by atoms with Gasteiger partial charge in [0.05, 0.1) is 0 Å². The van der Waals surface area contributed by atoms with Gasteiger partial charge in [0, 0.05) is 11.9 Å². The lowest BCUT2D eigenvalue weighted by Crippen LogP contribution is -2.19. The van der Waals surface area contributed by atoms with Gasteiger partial charge < -0.3 is 9.73 Å². The predicted molar refractivity (Wildman–Crippen MR) is 73.0 cm³/mol. The van der Waals surface area contributed by atoms with Crippen molar-refractivity contribution in [1.82, 2.24) is 5.32 Å². The zero-order valence-corrected chi connectivity index (χ0v) is 10.4. The number of para-hydroxylation sites is 1. The lowest BCUT2D eigenvalue weighted by Gasteiger charge is -2.03. The molecular formula is C15H19NO. The highest BCUT2D eigenvalue weighted by Gasteiger charge is 1.98. The second-order valence-electron chi connectivity index (χ2n) is 4.64. The first-order valence-corrected chi connectivity index (χ1v) is 6.11. The van der Waals surface area contributed by atoms with Gasteiger partial charge in [0.25, 0.3) is 0 Å². The fourth-order valence-corrected chi connectivity index (χ4v) is 1.71. The van der Waals surface area contributed by atoms with Gasteiger partial charge in [-0.3, -0.25) is 0 Å². The summed E-state index contributed by atoms with van der Waals surface area (Å²) < 4.78 is 5.68. The topological polar surface area (TPSA) is 25.2 Å². The first-order chi connectivity index (χ1) is 8.25. The van der Waals surface area contributed by atoms with E-state index in [9.17, 15) is 0 Å². The summed E-state index contributed by atoms with van der Waals surface area (Å²) in [7, 11) is 0. The molecular weight excluding hydrogens is 210 g/mol. The summed E-state index contributed by atoms with van der Waals surface area (Å²) in [5.41, 5.74) is 0.947. The third-order valence-electron chi connectivity index (χ3n) is 2.54. The zero-order chi connectivity index (χ0) is 12.1. The van der Waals surface area contributed by atoms with E-state index in [2.05, 4.69) is 37.4 Å². The smallest absolute Gasteiger partial charge is 0.134 e. The van der Waals surface area contributed by atoms with Crippen molar-refractivity contribution in [2.24, 2.45) is 5.92 Å². The standard InChI is InChI=1S/C15H19NO/c1-12(2)11-16-9-5-7-14-10-13-6-3-4-8-15(13)17-14/h3-8,10,12,16H,9,11H2,1-2H3. The highest BCUT2D eigenvalue weighted by molar-refractivity contribution is 5.79. The number of furan rings is 1.